The van der Waals surface area contributed by atoms with E-state index < -0.39 is 17.6 Å². The van der Waals surface area contributed by atoms with Gasteiger partial charge in [-0.05, 0) is 12.5 Å². The minimum Gasteiger partial charge on any atom is -0.388 e. The summed E-state index contributed by atoms with van der Waals surface area (Å²) in [7, 11) is 0. The molecular formula is C17H26F2N4O3. The fourth-order valence-corrected chi connectivity index (χ4v) is 3.68. The van der Waals surface area contributed by atoms with Crippen LogP contribution in [0.25, 0.3) is 0 Å². The van der Waals surface area contributed by atoms with Gasteiger partial charge in [-0.1, -0.05) is 13.8 Å². The fraction of sp³-hybridized carbons (Fsp3) is 0.765. The Morgan fingerprint density at radius 1 is 1.35 bits per heavy atom. The highest BCUT2D eigenvalue weighted by atomic mass is 19.3. The Labute approximate surface area is 151 Å². The van der Waals surface area contributed by atoms with Crippen LogP contribution in [0.5, 0.6) is 0 Å². The average Bonchev–Trinajstić information content (AvgIpc) is 3.08. The molecule has 0 aromatic carbocycles. The lowest BCUT2D eigenvalue weighted by molar-refractivity contribution is -0.133. The molecule has 26 heavy (non-hydrogen) atoms. The lowest BCUT2D eigenvalue weighted by atomic mass is 9.69. The van der Waals surface area contributed by atoms with E-state index in [0.717, 1.165) is 19.3 Å². The molecule has 7 nitrogen and oxygen atoms in total. The van der Waals surface area contributed by atoms with E-state index in [4.69, 9.17) is 4.74 Å². The smallest absolute Gasteiger partial charge is 0.333 e. The van der Waals surface area contributed by atoms with Gasteiger partial charge in [-0.2, -0.15) is 13.9 Å². The maximum atomic E-state index is 12.7. The van der Waals surface area contributed by atoms with Crippen molar-refractivity contribution in [3.63, 3.8) is 0 Å². The number of β-amino-alcohol motifs (C(OH)–C–C–N with tert-alkyl or cyclic N) is 1. The minimum absolute atomic E-state index is 0.000260. The first kappa shape index (κ1) is 19.2. The number of carbonyl (C=O) groups is 1. The number of halogens is 2. The van der Waals surface area contributed by atoms with Crippen LogP contribution in [-0.4, -0.2) is 82.1 Å². The maximum Gasteiger partial charge on any atom is 0.333 e. The van der Waals surface area contributed by atoms with Gasteiger partial charge in [0.25, 0.3) is 5.91 Å². The highest BCUT2D eigenvalue weighted by molar-refractivity contribution is 5.92. The molecule has 0 spiro atoms. The fourth-order valence-electron chi connectivity index (χ4n) is 3.68. The Kier molecular flexibility index (Phi) is 5.32. The molecule has 2 aliphatic rings. The van der Waals surface area contributed by atoms with Crippen LogP contribution in [0.3, 0.4) is 0 Å². The van der Waals surface area contributed by atoms with Crippen molar-refractivity contribution in [1.82, 2.24) is 19.6 Å². The number of piperidine rings is 1. The normalized spacial score (nSPS) is 27.1. The standard InChI is InChI=1S/C17H26F2N4O3/c1-16(2)11-22(14(24)13-3-5-23(20-13)15(18)19)6-4-17(16,25)12-21-7-9-26-10-8-21/h3,5,15,25H,4,6-12H2,1-2H3. The van der Waals surface area contributed by atoms with Crippen molar-refractivity contribution in [3.05, 3.63) is 18.0 Å². The summed E-state index contributed by atoms with van der Waals surface area (Å²) in [5.41, 5.74) is -1.46. The van der Waals surface area contributed by atoms with Gasteiger partial charge in [0.2, 0.25) is 0 Å². The number of hydrogen-bond donors (Lipinski definition) is 1. The highest BCUT2D eigenvalue weighted by Crippen LogP contribution is 2.39. The third-order valence-electron chi connectivity index (χ3n) is 5.54. The number of alkyl halides is 2. The van der Waals surface area contributed by atoms with Crippen molar-refractivity contribution in [2.24, 2.45) is 5.41 Å². The van der Waals surface area contributed by atoms with Crippen LogP contribution >= 0.6 is 0 Å². The summed E-state index contributed by atoms with van der Waals surface area (Å²) in [6.07, 6.45) is 1.53. The van der Waals surface area contributed by atoms with E-state index in [9.17, 15) is 18.7 Å². The van der Waals surface area contributed by atoms with Gasteiger partial charge < -0.3 is 14.7 Å². The molecule has 1 aromatic heterocycles. The van der Waals surface area contributed by atoms with Gasteiger partial charge in [-0.15, -0.1) is 0 Å². The third-order valence-corrected chi connectivity index (χ3v) is 5.54. The third kappa shape index (κ3) is 3.74. The molecule has 2 fully saturated rings. The first-order valence-corrected chi connectivity index (χ1v) is 8.87. The number of ether oxygens (including phenoxy) is 1. The second kappa shape index (κ2) is 7.21. The molecule has 0 aliphatic carbocycles. The number of hydrogen-bond acceptors (Lipinski definition) is 5. The van der Waals surface area contributed by atoms with Crippen molar-refractivity contribution >= 4 is 5.91 Å². The molecule has 1 aromatic rings. The summed E-state index contributed by atoms with van der Waals surface area (Å²) in [6.45, 7) is 5.23. The predicted molar refractivity (Wildman–Crippen MR) is 90.0 cm³/mol. The number of aliphatic hydroxyl groups is 1. The van der Waals surface area contributed by atoms with Gasteiger partial charge in [0.05, 0.1) is 18.8 Å². The van der Waals surface area contributed by atoms with Gasteiger partial charge in [-0.3, -0.25) is 9.69 Å². The van der Waals surface area contributed by atoms with Crippen LogP contribution in [0.4, 0.5) is 8.78 Å². The Morgan fingerprint density at radius 2 is 2.04 bits per heavy atom. The number of nitrogens with zero attached hydrogens (tertiary/aromatic N) is 4. The maximum absolute atomic E-state index is 12.7. The van der Waals surface area contributed by atoms with Gasteiger partial charge in [0.1, 0.15) is 0 Å². The number of morpholine rings is 1. The molecule has 2 saturated heterocycles. The van der Waals surface area contributed by atoms with Gasteiger partial charge in [0.15, 0.2) is 5.69 Å². The number of rotatable bonds is 4. The summed E-state index contributed by atoms with van der Waals surface area (Å²) < 4.78 is 31.1. The van der Waals surface area contributed by atoms with E-state index in [0.29, 0.717) is 44.0 Å². The molecule has 0 saturated carbocycles. The van der Waals surface area contributed by atoms with Crippen molar-refractivity contribution in [2.75, 3.05) is 45.9 Å². The van der Waals surface area contributed by atoms with Gasteiger partial charge in [-0.25, -0.2) is 4.68 Å². The summed E-state index contributed by atoms with van der Waals surface area (Å²) in [5, 5.41) is 14.9. The van der Waals surface area contributed by atoms with Crippen LogP contribution in [0.1, 0.15) is 37.3 Å². The topological polar surface area (TPSA) is 70.8 Å². The molecule has 146 valence electrons. The van der Waals surface area contributed by atoms with E-state index in [1.165, 1.54) is 6.07 Å². The van der Waals surface area contributed by atoms with Gasteiger partial charge in [0, 0.05) is 44.3 Å². The minimum atomic E-state index is -2.77. The first-order valence-electron chi connectivity index (χ1n) is 8.87. The molecule has 1 unspecified atom stereocenters. The van der Waals surface area contributed by atoms with Gasteiger partial charge >= 0.3 is 6.55 Å². The Balaban J connectivity index is 1.67. The Hall–Kier alpha value is -1.58. The predicted octanol–water partition coefficient (Wildman–Crippen LogP) is 1.21. The van der Waals surface area contributed by atoms with Crippen molar-refractivity contribution in [3.8, 4) is 0 Å². The van der Waals surface area contributed by atoms with E-state index in [1.54, 1.807) is 4.90 Å². The van der Waals surface area contributed by atoms with Crippen LogP contribution in [-0.2, 0) is 4.74 Å². The summed E-state index contributed by atoms with van der Waals surface area (Å²) in [5.74, 6) is -0.383. The molecule has 3 heterocycles. The Morgan fingerprint density at radius 3 is 2.62 bits per heavy atom. The van der Waals surface area contributed by atoms with Crippen LogP contribution in [0.15, 0.2) is 12.3 Å². The number of likely N-dealkylation sites (tertiary alicyclic amines) is 1. The lowest BCUT2D eigenvalue weighted by Gasteiger charge is -2.52. The zero-order chi connectivity index (χ0) is 18.9. The molecule has 2 aliphatic heterocycles. The molecule has 1 atom stereocenters. The van der Waals surface area contributed by atoms with Crippen molar-refractivity contribution < 1.29 is 23.4 Å². The highest BCUT2D eigenvalue weighted by Gasteiger charge is 2.49. The monoisotopic (exact) mass is 372 g/mol. The quantitative estimate of drug-likeness (QED) is 0.860. The largest absolute Gasteiger partial charge is 0.388 e. The van der Waals surface area contributed by atoms with Crippen LogP contribution in [0.2, 0.25) is 0 Å². The molecule has 3 rings (SSSR count). The zero-order valence-electron chi connectivity index (χ0n) is 15.2. The number of aromatic nitrogens is 2. The van der Waals surface area contributed by atoms with E-state index in [1.807, 2.05) is 13.8 Å². The van der Waals surface area contributed by atoms with E-state index >= 15 is 0 Å². The molecule has 9 heteroatoms. The number of amides is 1. The van der Waals surface area contributed by atoms with Crippen molar-refractivity contribution in [1.29, 1.82) is 0 Å². The van der Waals surface area contributed by atoms with Crippen molar-refractivity contribution in [2.45, 2.75) is 32.4 Å². The molecule has 0 bridgehead atoms. The summed E-state index contributed by atoms with van der Waals surface area (Å²) in [6, 6.07) is 1.30. The van der Waals surface area contributed by atoms with E-state index in [-0.39, 0.29) is 11.6 Å². The van der Waals surface area contributed by atoms with Crippen LogP contribution in [0, 0.1) is 5.41 Å². The first-order chi connectivity index (χ1) is 12.2. The summed E-state index contributed by atoms with van der Waals surface area (Å²) >= 11 is 0. The summed E-state index contributed by atoms with van der Waals surface area (Å²) in [4.78, 5) is 16.4. The SMILES string of the molecule is CC1(C)CN(C(=O)c2ccn(C(F)F)n2)CCC1(O)CN1CCOCC1. The molecule has 1 amide bonds. The average molecular weight is 372 g/mol. The second-order valence-corrected chi connectivity index (χ2v) is 7.74. The zero-order valence-corrected chi connectivity index (χ0v) is 15.2. The second-order valence-electron chi connectivity index (χ2n) is 7.74. The van der Waals surface area contributed by atoms with Crippen LogP contribution < -0.4 is 0 Å². The molecule has 0 radical (unpaired) electrons. The Bertz CT molecular complexity index is 646. The van der Waals surface area contributed by atoms with E-state index in [2.05, 4.69) is 10.00 Å². The molecule has 1 N–H and O–H groups in total. The molecular weight excluding hydrogens is 346 g/mol. The lowest BCUT2D eigenvalue weighted by Crippen LogP contribution is -2.63. The number of carbonyl (C=O) groups excluding carboxylic acids is 1.